The molecule has 26 heavy (non-hydrogen) atoms. The lowest BCUT2D eigenvalue weighted by Crippen LogP contribution is -2.20. The number of aromatic nitrogens is 2. The highest BCUT2D eigenvalue weighted by Crippen LogP contribution is 2.21. The van der Waals surface area contributed by atoms with Crippen LogP contribution in [0.15, 0.2) is 33.7 Å². The molecule has 0 amide bonds. The zero-order chi connectivity index (χ0) is 19.0. The van der Waals surface area contributed by atoms with Crippen LogP contribution in [0.25, 0.3) is 11.1 Å². The predicted molar refractivity (Wildman–Crippen MR) is 85.0 cm³/mol. The van der Waals surface area contributed by atoms with Gasteiger partial charge in [-0.3, -0.25) is 9.59 Å². The number of benzene rings is 1. The van der Waals surface area contributed by atoms with Crippen molar-refractivity contribution in [2.24, 2.45) is 7.05 Å². The van der Waals surface area contributed by atoms with E-state index in [1.807, 2.05) is 0 Å². The zero-order valence-corrected chi connectivity index (χ0v) is 13.7. The number of furan rings is 1. The average molecular weight is 362 g/mol. The number of carbonyl (C=O) groups excluding carboxylic acids is 2. The molecular weight excluding hydrogens is 350 g/mol. The van der Waals surface area contributed by atoms with Crippen LogP contribution in [-0.4, -0.2) is 27.9 Å². The van der Waals surface area contributed by atoms with Crippen LogP contribution in [0.4, 0.5) is 8.78 Å². The molecule has 7 nitrogen and oxygen atoms in total. The average Bonchev–Trinajstić information content (AvgIpc) is 2.95. The first-order valence-electron chi connectivity index (χ1n) is 7.39. The van der Waals surface area contributed by atoms with Crippen molar-refractivity contribution in [2.75, 3.05) is 6.61 Å². The smallest absolute Gasteiger partial charge is 0.343 e. The van der Waals surface area contributed by atoms with E-state index in [2.05, 4.69) is 4.98 Å². The molecule has 9 heteroatoms. The van der Waals surface area contributed by atoms with E-state index in [0.717, 1.165) is 12.1 Å². The summed E-state index contributed by atoms with van der Waals surface area (Å²) >= 11 is 0. The summed E-state index contributed by atoms with van der Waals surface area (Å²) in [5.41, 5.74) is -0.815. The minimum atomic E-state index is -1.19. The molecule has 1 aromatic carbocycles. The molecule has 0 saturated heterocycles. The van der Waals surface area contributed by atoms with Gasteiger partial charge in [-0.1, -0.05) is 0 Å². The predicted octanol–water partition coefficient (Wildman–Crippen LogP) is 2.15. The van der Waals surface area contributed by atoms with E-state index >= 15 is 0 Å². The minimum Gasteiger partial charge on any atom is -0.454 e. The quantitative estimate of drug-likeness (QED) is 0.522. The molecule has 0 radical (unpaired) electrons. The van der Waals surface area contributed by atoms with Gasteiger partial charge in [-0.2, -0.15) is 0 Å². The second kappa shape index (κ2) is 6.51. The monoisotopic (exact) mass is 362 g/mol. The highest BCUT2D eigenvalue weighted by molar-refractivity contribution is 6.05. The van der Waals surface area contributed by atoms with Gasteiger partial charge in [0.05, 0.1) is 0 Å². The third-order valence-electron chi connectivity index (χ3n) is 3.73. The van der Waals surface area contributed by atoms with E-state index in [1.165, 1.54) is 24.9 Å². The number of aryl methyl sites for hydroxylation is 2. The van der Waals surface area contributed by atoms with Gasteiger partial charge in [0.15, 0.2) is 24.0 Å². The van der Waals surface area contributed by atoms with Crippen molar-refractivity contribution in [1.29, 1.82) is 0 Å². The molecule has 3 rings (SSSR count). The largest absolute Gasteiger partial charge is 0.454 e. The lowest BCUT2D eigenvalue weighted by Gasteiger charge is -2.05. The Morgan fingerprint density at radius 3 is 2.69 bits per heavy atom. The lowest BCUT2D eigenvalue weighted by atomic mass is 10.1. The van der Waals surface area contributed by atoms with Crippen molar-refractivity contribution < 1.29 is 27.5 Å². The molecule has 0 spiro atoms. The summed E-state index contributed by atoms with van der Waals surface area (Å²) in [6, 6.07) is 2.59. The maximum Gasteiger partial charge on any atom is 0.343 e. The molecule has 0 fully saturated rings. The Labute approximate surface area is 144 Å². The normalized spacial score (nSPS) is 10.9. The molecule has 0 N–H and O–H groups in total. The van der Waals surface area contributed by atoms with Gasteiger partial charge in [-0.05, 0) is 25.1 Å². The number of carbonyl (C=O) groups is 2. The van der Waals surface area contributed by atoms with Crippen molar-refractivity contribution in [3.05, 3.63) is 63.4 Å². The van der Waals surface area contributed by atoms with E-state index in [4.69, 9.17) is 9.15 Å². The molecule has 2 heterocycles. The number of hydrogen-bond acceptors (Lipinski definition) is 6. The Balaban J connectivity index is 1.85. The Morgan fingerprint density at radius 2 is 2.00 bits per heavy atom. The van der Waals surface area contributed by atoms with Crippen molar-refractivity contribution >= 4 is 22.9 Å². The summed E-state index contributed by atoms with van der Waals surface area (Å²) in [5, 5.41) is -0.0576. The van der Waals surface area contributed by atoms with Crippen LogP contribution < -0.4 is 5.56 Å². The number of nitrogens with zero attached hydrogens (tertiary/aromatic N) is 2. The van der Waals surface area contributed by atoms with Gasteiger partial charge in [0, 0.05) is 12.6 Å². The topological polar surface area (TPSA) is 91.4 Å². The van der Waals surface area contributed by atoms with Gasteiger partial charge in [-0.15, -0.1) is 0 Å². The standard InChI is InChI=1S/C17H12F2N2O5/c1-8-13(14-15(26-8)20-7-21(2)16(14)23)17(24)25-6-12(22)9-3-4-10(18)11(19)5-9/h3-5,7H,6H2,1-2H3. The summed E-state index contributed by atoms with van der Waals surface area (Å²) in [6.45, 7) is 0.742. The van der Waals surface area contributed by atoms with Crippen LogP contribution >= 0.6 is 0 Å². The van der Waals surface area contributed by atoms with Gasteiger partial charge in [0.1, 0.15) is 23.0 Å². The number of fused-ring (bicyclic) bond motifs is 1. The van der Waals surface area contributed by atoms with Crippen molar-refractivity contribution in [2.45, 2.75) is 6.92 Å². The Kier molecular flexibility index (Phi) is 4.37. The maximum absolute atomic E-state index is 13.2. The molecule has 0 aliphatic carbocycles. The first kappa shape index (κ1) is 17.5. The fourth-order valence-corrected chi connectivity index (χ4v) is 2.39. The van der Waals surface area contributed by atoms with Crippen LogP contribution in [0.3, 0.4) is 0 Å². The van der Waals surface area contributed by atoms with Crippen LogP contribution in [0, 0.1) is 18.6 Å². The second-order valence-corrected chi connectivity index (χ2v) is 5.50. The number of hydrogen-bond donors (Lipinski definition) is 0. The lowest BCUT2D eigenvalue weighted by molar-refractivity contribution is 0.0474. The molecule has 3 aromatic rings. The molecular formula is C17H12F2N2O5. The van der Waals surface area contributed by atoms with E-state index in [-0.39, 0.29) is 28.0 Å². The summed E-state index contributed by atoms with van der Waals surface area (Å²) in [4.78, 5) is 40.4. The number of ketones is 1. The number of rotatable bonds is 4. The second-order valence-electron chi connectivity index (χ2n) is 5.50. The van der Waals surface area contributed by atoms with E-state index in [9.17, 15) is 23.2 Å². The van der Waals surface area contributed by atoms with E-state index in [1.54, 1.807) is 0 Å². The van der Waals surface area contributed by atoms with Gasteiger partial charge in [0.25, 0.3) is 5.56 Å². The van der Waals surface area contributed by atoms with Crippen LogP contribution in [0.1, 0.15) is 26.5 Å². The molecule has 134 valence electrons. The summed E-state index contributed by atoms with van der Waals surface area (Å²) < 4.78 is 37.4. The molecule has 0 unspecified atom stereocenters. The highest BCUT2D eigenvalue weighted by atomic mass is 19.2. The molecule has 2 aromatic heterocycles. The Morgan fingerprint density at radius 1 is 1.27 bits per heavy atom. The van der Waals surface area contributed by atoms with Gasteiger partial charge >= 0.3 is 5.97 Å². The van der Waals surface area contributed by atoms with Crippen molar-refractivity contribution in [3.8, 4) is 0 Å². The number of Topliss-reactive ketones (excluding diaryl/α,β-unsaturated/α-hetero) is 1. The van der Waals surface area contributed by atoms with Gasteiger partial charge < -0.3 is 13.7 Å². The van der Waals surface area contributed by atoms with Crippen molar-refractivity contribution in [1.82, 2.24) is 9.55 Å². The minimum absolute atomic E-state index is 0.0236. The first-order chi connectivity index (χ1) is 12.3. The fourth-order valence-electron chi connectivity index (χ4n) is 2.39. The summed E-state index contributed by atoms with van der Waals surface area (Å²) in [5.74, 6) is -3.85. The zero-order valence-electron chi connectivity index (χ0n) is 13.7. The maximum atomic E-state index is 13.2. The Hall–Kier alpha value is -3.36. The first-order valence-corrected chi connectivity index (χ1v) is 7.39. The summed E-state index contributed by atoms with van der Waals surface area (Å²) in [6.07, 6.45) is 1.25. The van der Waals surface area contributed by atoms with Crippen LogP contribution in [0.5, 0.6) is 0 Å². The number of halogens is 2. The molecule has 0 atom stereocenters. The molecule has 0 bridgehead atoms. The fraction of sp³-hybridized carbons (Fsp3) is 0.176. The molecule has 0 aliphatic heterocycles. The van der Waals surface area contributed by atoms with Crippen LogP contribution in [0.2, 0.25) is 0 Å². The summed E-state index contributed by atoms with van der Waals surface area (Å²) in [7, 11) is 1.46. The number of esters is 1. The van der Waals surface area contributed by atoms with Crippen molar-refractivity contribution in [3.63, 3.8) is 0 Å². The third kappa shape index (κ3) is 2.99. The number of ether oxygens (including phenoxy) is 1. The van der Waals surface area contributed by atoms with Gasteiger partial charge in [0.2, 0.25) is 5.71 Å². The molecule has 0 saturated carbocycles. The SMILES string of the molecule is Cc1oc2ncn(C)c(=O)c2c1C(=O)OCC(=O)c1ccc(F)c(F)c1. The van der Waals surface area contributed by atoms with Gasteiger partial charge in [-0.25, -0.2) is 18.6 Å². The Bertz CT molecular complexity index is 1100. The van der Waals surface area contributed by atoms with Crippen LogP contribution in [-0.2, 0) is 11.8 Å². The third-order valence-corrected chi connectivity index (χ3v) is 3.73. The van der Waals surface area contributed by atoms with E-state index in [0.29, 0.717) is 6.07 Å². The highest BCUT2D eigenvalue weighted by Gasteiger charge is 2.24. The van der Waals surface area contributed by atoms with E-state index < -0.39 is 35.6 Å². The molecule has 0 aliphatic rings.